The van der Waals surface area contributed by atoms with Crippen molar-refractivity contribution in [2.24, 2.45) is 7.05 Å². The van der Waals surface area contributed by atoms with Crippen molar-refractivity contribution in [3.63, 3.8) is 0 Å². The van der Waals surface area contributed by atoms with Crippen LogP contribution in [0.4, 0.5) is 0 Å². The Morgan fingerprint density at radius 3 is 2.88 bits per heavy atom. The molecule has 0 aliphatic heterocycles. The van der Waals surface area contributed by atoms with Gasteiger partial charge in [-0.3, -0.25) is 4.68 Å². The van der Waals surface area contributed by atoms with Crippen LogP contribution in [-0.2, 0) is 7.05 Å². The minimum absolute atomic E-state index is 0.461. The maximum atomic E-state index is 10.2. The summed E-state index contributed by atoms with van der Waals surface area (Å²) in [6.07, 6.45) is 0.749. The van der Waals surface area contributed by atoms with E-state index in [2.05, 4.69) is 5.10 Å². The fourth-order valence-corrected chi connectivity index (χ4v) is 2.56. The molecule has 6 heteroatoms. The van der Waals surface area contributed by atoms with E-state index in [1.807, 2.05) is 5.38 Å². The first-order valence-corrected chi connectivity index (χ1v) is 5.87. The van der Waals surface area contributed by atoms with Crippen molar-refractivity contribution < 1.29 is 9.84 Å². The van der Waals surface area contributed by atoms with Gasteiger partial charge in [-0.1, -0.05) is 11.6 Å². The standard InChI is InChI=1S/C10H11ClN2O2S/c1-13-9(7(11)4-12-13)10(14)8-3-6(15-2)5-16-8/h3-5,10,14H,1-2H3. The lowest BCUT2D eigenvalue weighted by molar-refractivity contribution is 0.213. The zero-order valence-corrected chi connectivity index (χ0v) is 10.4. The van der Waals surface area contributed by atoms with Gasteiger partial charge in [-0.05, 0) is 6.07 Å². The molecule has 0 aliphatic rings. The number of aliphatic hydroxyl groups excluding tert-OH is 1. The van der Waals surface area contributed by atoms with E-state index in [-0.39, 0.29) is 0 Å². The molecule has 1 N–H and O–H groups in total. The number of ether oxygens (including phenoxy) is 1. The van der Waals surface area contributed by atoms with E-state index < -0.39 is 6.10 Å². The van der Waals surface area contributed by atoms with Crippen molar-refractivity contribution in [3.8, 4) is 5.75 Å². The quantitative estimate of drug-likeness (QED) is 0.918. The summed E-state index contributed by atoms with van der Waals surface area (Å²) in [6, 6.07) is 1.79. The Balaban J connectivity index is 2.34. The Morgan fingerprint density at radius 1 is 1.62 bits per heavy atom. The summed E-state index contributed by atoms with van der Waals surface area (Å²) >= 11 is 7.38. The number of hydrogen-bond donors (Lipinski definition) is 1. The van der Waals surface area contributed by atoms with Crippen LogP contribution in [0.1, 0.15) is 16.7 Å². The fourth-order valence-electron chi connectivity index (χ4n) is 1.45. The number of methoxy groups -OCH3 is 1. The molecular weight excluding hydrogens is 248 g/mol. The van der Waals surface area contributed by atoms with Gasteiger partial charge in [0.1, 0.15) is 11.9 Å². The van der Waals surface area contributed by atoms with Crippen molar-refractivity contribution in [2.75, 3.05) is 7.11 Å². The van der Waals surface area contributed by atoms with Crippen molar-refractivity contribution in [1.29, 1.82) is 0 Å². The molecule has 4 nitrogen and oxygen atoms in total. The second-order valence-corrected chi connectivity index (χ2v) is 4.64. The molecule has 16 heavy (non-hydrogen) atoms. The molecule has 1 unspecified atom stereocenters. The summed E-state index contributed by atoms with van der Waals surface area (Å²) in [4.78, 5) is 0.780. The third kappa shape index (κ3) is 1.93. The molecule has 2 heterocycles. The number of thiophene rings is 1. The lowest BCUT2D eigenvalue weighted by atomic mass is 10.2. The molecule has 0 saturated heterocycles. The van der Waals surface area contributed by atoms with Crippen LogP contribution in [0.3, 0.4) is 0 Å². The van der Waals surface area contributed by atoms with Gasteiger partial charge in [0, 0.05) is 17.3 Å². The Labute approximate surface area is 102 Å². The fraction of sp³-hybridized carbons (Fsp3) is 0.300. The molecule has 0 aromatic carbocycles. The number of aliphatic hydroxyl groups is 1. The third-order valence-electron chi connectivity index (χ3n) is 2.30. The number of aryl methyl sites for hydroxylation is 1. The van der Waals surface area contributed by atoms with Crippen molar-refractivity contribution in [3.05, 3.63) is 33.2 Å². The molecule has 2 aromatic heterocycles. The molecule has 2 rings (SSSR count). The van der Waals surface area contributed by atoms with Gasteiger partial charge >= 0.3 is 0 Å². The molecule has 0 aliphatic carbocycles. The predicted molar refractivity (Wildman–Crippen MR) is 63.2 cm³/mol. The van der Waals surface area contributed by atoms with Gasteiger partial charge in [-0.15, -0.1) is 11.3 Å². The summed E-state index contributed by atoms with van der Waals surface area (Å²) < 4.78 is 6.64. The highest BCUT2D eigenvalue weighted by atomic mass is 35.5. The van der Waals surface area contributed by atoms with Crippen LogP contribution < -0.4 is 4.74 Å². The third-order valence-corrected chi connectivity index (χ3v) is 3.55. The Hall–Kier alpha value is -1.04. The molecular formula is C10H11ClN2O2S. The molecule has 86 valence electrons. The van der Waals surface area contributed by atoms with Crippen LogP contribution in [0.15, 0.2) is 17.6 Å². The van der Waals surface area contributed by atoms with E-state index in [0.717, 1.165) is 10.6 Å². The first-order valence-electron chi connectivity index (χ1n) is 4.61. The van der Waals surface area contributed by atoms with Gasteiger partial charge in [0.25, 0.3) is 0 Å². The van der Waals surface area contributed by atoms with E-state index in [4.69, 9.17) is 16.3 Å². The second-order valence-electron chi connectivity index (χ2n) is 3.29. The summed E-state index contributed by atoms with van der Waals surface area (Å²) in [7, 11) is 3.34. The largest absolute Gasteiger partial charge is 0.496 e. The average Bonchev–Trinajstić information content (AvgIpc) is 2.85. The van der Waals surface area contributed by atoms with Crippen LogP contribution >= 0.6 is 22.9 Å². The number of rotatable bonds is 3. The zero-order chi connectivity index (χ0) is 11.7. The summed E-state index contributed by atoms with van der Waals surface area (Å²) in [5, 5.41) is 16.4. The number of hydrogen-bond acceptors (Lipinski definition) is 4. The van der Waals surface area contributed by atoms with E-state index in [9.17, 15) is 5.11 Å². The van der Waals surface area contributed by atoms with Gasteiger partial charge in [-0.2, -0.15) is 5.10 Å². The van der Waals surface area contributed by atoms with E-state index in [0.29, 0.717) is 10.7 Å². The normalized spacial score (nSPS) is 12.8. The number of aromatic nitrogens is 2. The van der Waals surface area contributed by atoms with Gasteiger partial charge < -0.3 is 9.84 Å². The van der Waals surface area contributed by atoms with Crippen LogP contribution in [-0.4, -0.2) is 22.0 Å². The number of nitrogens with zero attached hydrogens (tertiary/aromatic N) is 2. The summed E-state index contributed by atoms with van der Waals surface area (Å²) in [5.41, 5.74) is 0.589. The first-order chi connectivity index (χ1) is 7.63. The monoisotopic (exact) mass is 258 g/mol. The van der Waals surface area contributed by atoms with E-state index >= 15 is 0 Å². The van der Waals surface area contributed by atoms with Crippen molar-refractivity contribution in [2.45, 2.75) is 6.10 Å². The molecule has 0 radical (unpaired) electrons. The van der Waals surface area contributed by atoms with Gasteiger partial charge in [0.2, 0.25) is 0 Å². The first kappa shape index (κ1) is 11.4. The topological polar surface area (TPSA) is 47.3 Å². The molecule has 2 aromatic rings. The van der Waals surface area contributed by atoms with Gasteiger partial charge in [0.15, 0.2) is 0 Å². The molecule has 0 bridgehead atoms. The number of halogens is 1. The predicted octanol–water partition coefficient (Wildman–Crippen LogP) is 2.23. The molecule has 0 saturated carbocycles. The van der Waals surface area contributed by atoms with Crippen LogP contribution in [0.25, 0.3) is 0 Å². The maximum Gasteiger partial charge on any atom is 0.131 e. The van der Waals surface area contributed by atoms with Crippen LogP contribution in [0.5, 0.6) is 5.75 Å². The van der Waals surface area contributed by atoms with Crippen molar-refractivity contribution in [1.82, 2.24) is 9.78 Å². The Kier molecular flexibility index (Phi) is 3.18. The van der Waals surface area contributed by atoms with Gasteiger partial charge in [0.05, 0.1) is 24.0 Å². The minimum Gasteiger partial charge on any atom is -0.496 e. The molecule has 1 atom stereocenters. The highest BCUT2D eigenvalue weighted by Crippen LogP contribution is 2.33. The smallest absolute Gasteiger partial charge is 0.131 e. The van der Waals surface area contributed by atoms with Crippen LogP contribution in [0.2, 0.25) is 5.02 Å². The second kappa shape index (κ2) is 4.45. The highest BCUT2D eigenvalue weighted by molar-refractivity contribution is 7.10. The molecule has 0 fully saturated rings. The average molecular weight is 259 g/mol. The van der Waals surface area contributed by atoms with Crippen molar-refractivity contribution >= 4 is 22.9 Å². The van der Waals surface area contributed by atoms with Crippen LogP contribution in [0, 0.1) is 0 Å². The lowest BCUT2D eigenvalue weighted by Crippen LogP contribution is -2.05. The maximum absolute atomic E-state index is 10.2. The molecule has 0 amide bonds. The summed E-state index contributed by atoms with van der Waals surface area (Å²) in [5.74, 6) is 0.734. The van der Waals surface area contributed by atoms with Gasteiger partial charge in [-0.25, -0.2) is 0 Å². The van der Waals surface area contributed by atoms with E-state index in [1.54, 1.807) is 24.9 Å². The SMILES string of the molecule is COc1csc(C(O)c2c(Cl)cnn2C)c1. The Bertz CT molecular complexity index is 475. The summed E-state index contributed by atoms with van der Waals surface area (Å²) in [6.45, 7) is 0. The van der Waals surface area contributed by atoms with E-state index in [1.165, 1.54) is 17.5 Å². The minimum atomic E-state index is -0.770. The molecule has 0 spiro atoms. The lowest BCUT2D eigenvalue weighted by Gasteiger charge is -2.09. The Morgan fingerprint density at radius 2 is 2.38 bits per heavy atom. The zero-order valence-electron chi connectivity index (χ0n) is 8.85. The highest BCUT2D eigenvalue weighted by Gasteiger charge is 2.20.